The average Bonchev–Trinajstić information content (AvgIpc) is 2.55. The lowest BCUT2D eigenvalue weighted by Gasteiger charge is -2.14. The fourth-order valence-corrected chi connectivity index (χ4v) is 1.82. The molecule has 6 heteroatoms. The first-order chi connectivity index (χ1) is 7.58. The maximum absolute atomic E-state index is 11.7. The van der Waals surface area contributed by atoms with Crippen LogP contribution < -0.4 is 5.32 Å². The van der Waals surface area contributed by atoms with Gasteiger partial charge in [-0.05, 0) is 24.9 Å². The van der Waals surface area contributed by atoms with Crippen molar-refractivity contribution in [1.29, 1.82) is 0 Å². The lowest BCUT2D eigenvalue weighted by atomic mass is 10.2. The molecule has 1 aromatic heterocycles. The number of nitrogens with one attached hydrogen (secondary N) is 1. The third-order valence-corrected chi connectivity index (χ3v) is 2.86. The molecule has 1 unspecified atom stereocenters. The van der Waals surface area contributed by atoms with E-state index in [4.69, 9.17) is 11.6 Å². The molecule has 16 heavy (non-hydrogen) atoms. The first kappa shape index (κ1) is 11.1. The van der Waals surface area contributed by atoms with Crippen LogP contribution in [-0.4, -0.2) is 40.4 Å². The van der Waals surface area contributed by atoms with Crippen molar-refractivity contribution in [2.24, 2.45) is 0 Å². The molecule has 1 aliphatic heterocycles. The van der Waals surface area contributed by atoms with Crippen molar-refractivity contribution in [3.63, 3.8) is 0 Å². The fourth-order valence-electron chi connectivity index (χ4n) is 1.69. The van der Waals surface area contributed by atoms with Gasteiger partial charge in [0.2, 0.25) is 11.2 Å². The van der Waals surface area contributed by atoms with Crippen LogP contribution in [0.15, 0.2) is 6.20 Å². The molecule has 86 valence electrons. The minimum Gasteiger partial charge on any atom is -0.358 e. The van der Waals surface area contributed by atoms with Crippen LogP contribution in [0.2, 0.25) is 5.28 Å². The highest BCUT2D eigenvalue weighted by Gasteiger charge is 2.29. The highest BCUT2D eigenvalue weighted by atomic mass is 35.5. The zero-order chi connectivity index (χ0) is 11.7. The molecule has 1 N–H and O–H groups in total. The lowest BCUT2D eigenvalue weighted by molar-refractivity contribution is -0.127. The van der Waals surface area contributed by atoms with Gasteiger partial charge in [-0.15, -0.1) is 0 Å². The SMILES string of the molecule is Cc1cnc(Cl)nc1NC1CCN(C)C1=O. The Morgan fingerprint density at radius 3 is 3.00 bits per heavy atom. The number of aromatic nitrogens is 2. The zero-order valence-electron chi connectivity index (χ0n) is 9.20. The minimum atomic E-state index is -0.199. The van der Waals surface area contributed by atoms with Crippen molar-refractivity contribution in [1.82, 2.24) is 14.9 Å². The standard InChI is InChI=1S/C10H13ClN4O/c1-6-5-12-10(11)14-8(6)13-7-3-4-15(2)9(7)16/h5,7H,3-4H2,1-2H3,(H,12,13,14). The van der Waals surface area contributed by atoms with E-state index in [-0.39, 0.29) is 17.2 Å². The van der Waals surface area contributed by atoms with E-state index in [1.54, 1.807) is 18.1 Å². The van der Waals surface area contributed by atoms with Gasteiger partial charge in [0.15, 0.2) is 0 Å². The molecular weight excluding hydrogens is 228 g/mol. The van der Waals surface area contributed by atoms with Crippen LogP contribution in [0, 0.1) is 6.92 Å². The first-order valence-electron chi connectivity index (χ1n) is 5.08. The molecule has 0 spiro atoms. The molecule has 5 nitrogen and oxygen atoms in total. The molecule has 1 atom stereocenters. The third-order valence-electron chi connectivity index (χ3n) is 2.68. The number of aryl methyl sites for hydroxylation is 1. The van der Waals surface area contributed by atoms with E-state index in [0.717, 1.165) is 18.5 Å². The summed E-state index contributed by atoms with van der Waals surface area (Å²) in [4.78, 5) is 21.3. The number of rotatable bonds is 2. The molecule has 1 aromatic rings. The largest absolute Gasteiger partial charge is 0.358 e. The highest BCUT2D eigenvalue weighted by Crippen LogP contribution is 2.18. The quantitative estimate of drug-likeness (QED) is 0.786. The number of carbonyl (C=O) groups excluding carboxylic acids is 1. The summed E-state index contributed by atoms with van der Waals surface area (Å²) in [5.74, 6) is 0.725. The molecule has 0 bridgehead atoms. The maximum Gasteiger partial charge on any atom is 0.244 e. The Morgan fingerprint density at radius 2 is 2.38 bits per heavy atom. The van der Waals surface area contributed by atoms with Gasteiger partial charge in [0.1, 0.15) is 11.9 Å². The average molecular weight is 241 g/mol. The van der Waals surface area contributed by atoms with Gasteiger partial charge in [-0.25, -0.2) is 9.97 Å². The molecule has 0 saturated carbocycles. The summed E-state index contributed by atoms with van der Waals surface area (Å²) >= 11 is 5.71. The summed E-state index contributed by atoms with van der Waals surface area (Å²) in [6.07, 6.45) is 2.43. The second kappa shape index (κ2) is 4.25. The molecule has 2 rings (SSSR count). The normalized spacial score (nSPS) is 20.3. The molecule has 1 saturated heterocycles. The van der Waals surface area contributed by atoms with E-state index in [9.17, 15) is 4.79 Å². The van der Waals surface area contributed by atoms with E-state index in [0.29, 0.717) is 5.82 Å². The molecule has 2 heterocycles. The summed E-state index contributed by atoms with van der Waals surface area (Å²) in [6.45, 7) is 2.65. The summed E-state index contributed by atoms with van der Waals surface area (Å²) < 4.78 is 0. The van der Waals surface area contributed by atoms with E-state index in [1.807, 2.05) is 6.92 Å². The van der Waals surface area contributed by atoms with E-state index in [2.05, 4.69) is 15.3 Å². The maximum atomic E-state index is 11.7. The predicted octanol–water partition coefficient (Wildman–Crippen LogP) is 1.08. The Bertz CT molecular complexity index is 423. The Morgan fingerprint density at radius 1 is 1.62 bits per heavy atom. The van der Waals surface area contributed by atoms with Gasteiger partial charge in [-0.1, -0.05) is 0 Å². The number of halogens is 1. The van der Waals surface area contributed by atoms with Crippen LogP contribution in [0.1, 0.15) is 12.0 Å². The number of likely N-dealkylation sites (tertiary alicyclic amines) is 1. The van der Waals surface area contributed by atoms with Crippen molar-refractivity contribution >= 4 is 23.3 Å². The zero-order valence-corrected chi connectivity index (χ0v) is 9.95. The van der Waals surface area contributed by atoms with E-state index in [1.165, 1.54) is 0 Å². The van der Waals surface area contributed by atoms with Crippen molar-refractivity contribution in [3.05, 3.63) is 17.0 Å². The van der Waals surface area contributed by atoms with Gasteiger partial charge in [0.25, 0.3) is 0 Å². The van der Waals surface area contributed by atoms with Gasteiger partial charge in [0, 0.05) is 25.4 Å². The van der Waals surface area contributed by atoms with Crippen molar-refractivity contribution in [3.8, 4) is 0 Å². The predicted molar refractivity (Wildman–Crippen MR) is 61.4 cm³/mol. The number of nitrogens with zero attached hydrogens (tertiary/aromatic N) is 3. The number of likely N-dealkylation sites (N-methyl/N-ethyl adjacent to an activating group) is 1. The summed E-state index contributed by atoms with van der Waals surface area (Å²) in [6, 6.07) is -0.199. The molecular formula is C10H13ClN4O. The second-order valence-corrected chi connectivity index (χ2v) is 4.25. The Labute approximate surface area is 98.8 Å². The Kier molecular flexibility index (Phi) is 2.96. The second-order valence-electron chi connectivity index (χ2n) is 3.92. The van der Waals surface area contributed by atoms with E-state index >= 15 is 0 Å². The van der Waals surface area contributed by atoms with Gasteiger partial charge in [0.05, 0.1) is 0 Å². The number of carbonyl (C=O) groups is 1. The van der Waals surface area contributed by atoms with Crippen LogP contribution in [0.4, 0.5) is 5.82 Å². The molecule has 1 amide bonds. The Hall–Kier alpha value is -1.36. The smallest absolute Gasteiger partial charge is 0.244 e. The number of hydrogen-bond acceptors (Lipinski definition) is 4. The van der Waals surface area contributed by atoms with Gasteiger partial charge >= 0.3 is 0 Å². The monoisotopic (exact) mass is 240 g/mol. The van der Waals surface area contributed by atoms with Crippen molar-refractivity contribution in [2.75, 3.05) is 18.9 Å². The van der Waals surface area contributed by atoms with E-state index < -0.39 is 0 Å². The van der Waals surface area contributed by atoms with Crippen LogP contribution in [-0.2, 0) is 4.79 Å². The van der Waals surface area contributed by atoms with Gasteiger partial charge in [-0.3, -0.25) is 4.79 Å². The van der Waals surface area contributed by atoms with Crippen LogP contribution in [0.3, 0.4) is 0 Å². The summed E-state index contributed by atoms with van der Waals surface area (Å²) in [7, 11) is 1.80. The van der Waals surface area contributed by atoms with Crippen LogP contribution >= 0.6 is 11.6 Å². The molecule has 0 aliphatic carbocycles. The topological polar surface area (TPSA) is 58.1 Å². The molecule has 1 fully saturated rings. The first-order valence-corrected chi connectivity index (χ1v) is 5.46. The highest BCUT2D eigenvalue weighted by molar-refractivity contribution is 6.28. The number of hydrogen-bond donors (Lipinski definition) is 1. The van der Waals surface area contributed by atoms with Crippen LogP contribution in [0.5, 0.6) is 0 Å². The van der Waals surface area contributed by atoms with Gasteiger partial charge < -0.3 is 10.2 Å². The van der Waals surface area contributed by atoms with Crippen molar-refractivity contribution in [2.45, 2.75) is 19.4 Å². The number of amides is 1. The van der Waals surface area contributed by atoms with Crippen LogP contribution in [0.25, 0.3) is 0 Å². The fraction of sp³-hybridized carbons (Fsp3) is 0.500. The summed E-state index contributed by atoms with van der Waals surface area (Å²) in [5, 5.41) is 3.29. The summed E-state index contributed by atoms with van der Waals surface area (Å²) in [5.41, 5.74) is 0.881. The van der Waals surface area contributed by atoms with Gasteiger partial charge in [-0.2, -0.15) is 0 Å². The van der Waals surface area contributed by atoms with Crippen molar-refractivity contribution < 1.29 is 4.79 Å². The number of anilines is 1. The Balaban J connectivity index is 2.15. The molecule has 0 aromatic carbocycles. The molecule has 0 radical (unpaired) electrons. The third kappa shape index (κ3) is 2.09. The minimum absolute atomic E-state index is 0.0918. The molecule has 1 aliphatic rings. The lowest BCUT2D eigenvalue weighted by Crippen LogP contribution is -2.31.